The van der Waals surface area contributed by atoms with Crippen LogP contribution in [0.25, 0.3) is 0 Å². The normalized spacial score (nSPS) is 9.71. The van der Waals surface area contributed by atoms with E-state index < -0.39 is 0 Å². The first-order valence-corrected chi connectivity index (χ1v) is 5.89. The molecule has 84 valence electrons. The lowest BCUT2D eigenvalue weighted by molar-refractivity contribution is 1.20. The fourth-order valence-corrected chi connectivity index (χ4v) is 1.96. The fraction of sp³-hybridized carbons (Fsp3) is 0.0769. The van der Waals surface area contributed by atoms with Gasteiger partial charge in [-0.05, 0) is 47.1 Å². The number of nitriles is 1. The molecule has 0 spiro atoms. The van der Waals surface area contributed by atoms with Gasteiger partial charge in [-0.1, -0.05) is 6.07 Å². The number of nitrogens with one attached hydrogen (secondary N) is 1. The number of pyridine rings is 1. The lowest BCUT2D eigenvalue weighted by Crippen LogP contribution is -1.97. The summed E-state index contributed by atoms with van der Waals surface area (Å²) in [5.74, 6) is 0. The van der Waals surface area contributed by atoms with Gasteiger partial charge >= 0.3 is 0 Å². The molecular weight excluding hydrogens is 278 g/mol. The molecule has 0 saturated heterocycles. The summed E-state index contributed by atoms with van der Waals surface area (Å²) in [7, 11) is 0. The van der Waals surface area contributed by atoms with E-state index in [2.05, 4.69) is 32.3 Å². The molecule has 0 aliphatic heterocycles. The van der Waals surface area contributed by atoms with Gasteiger partial charge in [0.1, 0.15) is 6.07 Å². The minimum Gasteiger partial charge on any atom is -0.353 e. The summed E-state index contributed by atoms with van der Waals surface area (Å²) in [5, 5.41) is 12.3. The van der Waals surface area contributed by atoms with Gasteiger partial charge in [0, 0.05) is 10.7 Å². The maximum atomic E-state index is 9.11. The Labute approximate surface area is 108 Å². The van der Waals surface area contributed by atoms with Gasteiger partial charge in [-0.3, -0.25) is 4.98 Å². The number of halogens is 1. The predicted molar refractivity (Wildman–Crippen MR) is 71.1 cm³/mol. The first-order valence-electron chi connectivity index (χ1n) is 5.09. The molecule has 1 N–H and O–H groups in total. The highest BCUT2D eigenvalue weighted by Crippen LogP contribution is 2.27. The van der Waals surface area contributed by atoms with E-state index >= 15 is 0 Å². The van der Waals surface area contributed by atoms with Crippen LogP contribution in [0.3, 0.4) is 0 Å². The Morgan fingerprint density at radius 1 is 1.24 bits per heavy atom. The molecule has 0 aliphatic rings. The van der Waals surface area contributed by atoms with Gasteiger partial charge in [0.15, 0.2) is 0 Å². The summed E-state index contributed by atoms with van der Waals surface area (Å²) in [4.78, 5) is 4.20. The van der Waals surface area contributed by atoms with Gasteiger partial charge in [-0.25, -0.2) is 0 Å². The van der Waals surface area contributed by atoms with Crippen molar-refractivity contribution in [2.75, 3.05) is 5.32 Å². The van der Waals surface area contributed by atoms with Crippen LogP contribution in [0.5, 0.6) is 0 Å². The third-order valence-corrected chi connectivity index (χ3v) is 3.06. The predicted octanol–water partition coefficient (Wildman–Crippen LogP) is 3.77. The van der Waals surface area contributed by atoms with E-state index in [9.17, 15) is 0 Å². The molecule has 0 atom stereocenters. The van der Waals surface area contributed by atoms with E-state index in [0.717, 1.165) is 21.5 Å². The average molecular weight is 288 g/mol. The maximum absolute atomic E-state index is 9.11. The van der Waals surface area contributed by atoms with Crippen LogP contribution in [0.15, 0.2) is 41.0 Å². The van der Waals surface area contributed by atoms with Crippen molar-refractivity contribution in [2.24, 2.45) is 0 Å². The van der Waals surface area contributed by atoms with E-state index in [-0.39, 0.29) is 0 Å². The number of aryl methyl sites for hydroxylation is 1. The van der Waals surface area contributed by atoms with Gasteiger partial charge in [0.25, 0.3) is 0 Å². The van der Waals surface area contributed by atoms with Gasteiger partial charge in [-0.2, -0.15) is 5.26 Å². The smallest absolute Gasteiger partial charge is 0.103 e. The molecule has 0 amide bonds. The van der Waals surface area contributed by atoms with Crippen molar-refractivity contribution < 1.29 is 0 Å². The van der Waals surface area contributed by atoms with E-state index in [1.165, 1.54) is 0 Å². The molecule has 4 heteroatoms. The molecule has 2 rings (SSSR count). The van der Waals surface area contributed by atoms with Crippen molar-refractivity contribution >= 4 is 27.3 Å². The standard InChI is InChI=1S/C13H10BrN3/c1-9-12(6-3-7-16-9)17-13-5-2-4-11(14)10(13)8-15/h2-7,17H,1H3. The van der Waals surface area contributed by atoms with Gasteiger partial charge in [-0.15, -0.1) is 0 Å². The number of nitrogens with zero attached hydrogens (tertiary/aromatic N) is 2. The lowest BCUT2D eigenvalue weighted by Gasteiger charge is -2.10. The molecule has 3 nitrogen and oxygen atoms in total. The molecule has 1 aromatic carbocycles. The number of benzene rings is 1. The Hall–Kier alpha value is -1.86. The Kier molecular flexibility index (Phi) is 3.40. The molecule has 0 radical (unpaired) electrons. The van der Waals surface area contributed by atoms with Crippen LogP contribution >= 0.6 is 15.9 Å². The van der Waals surface area contributed by atoms with Crippen LogP contribution in [0.1, 0.15) is 11.3 Å². The van der Waals surface area contributed by atoms with Crippen molar-refractivity contribution in [2.45, 2.75) is 6.92 Å². The van der Waals surface area contributed by atoms with Crippen LogP contribution in [0.4, 0.5) is 11.4 Å². The topological polar surface area (TPSA) is 48.7 Å². The van der Waals surface area contributed by atoms with Crippen LogP contribution < -0.4 is 5.32 Å². The third-order valence-electron chi connectivity index (χ3n) is 2.40. The number of aromatic nitrogens is 1. The van der Waals surface area contributed by atoms with Gasteiger partial charge < -0.3 is 5.32 Å². The summed E-state index contributed by atoms with van der Waals surface area (Å²) in [6, 6.07) is 11.6. The fourth-order valence-electron chi connectivity index (χ4n) is 1.50. The Balaban J connectivity index is 2.41. The quantitative estimate of drug-likeness (QED) is 0.915. The number of hydrogen-bond acceptors (Lipinski definition) is 3. The largest absolute Gasteiger partial charge is 0.353 e. The van der Waals surface area contributed by atoms with Crippen LogP contribution in [0, 0.1) is 18.3 Å². The SMILES string of the molecule is Cc1ncccc1Nc1cccc(Br)c1C#N. The van der Waals surface area contributed by atoms with Gasteiger partial charge in [0.2, 0.25) is 0 Å². The summed E-state index contributed by atoms with van der Waals surface area (Å²) < 4.78 is 0.784. The molecule has 0 unspecified atom stereocenters. The molecule has 0 saturated carbocycles. The summed E-state index contributed by atoms with van der Waals surface area (Å²) in [5.41, 5.74) is 3.17. The van der Waals surface area contributed by atoms with Crippen molar-refractivity contribution in [1.82, 2.24) is 4.98 Å². The molecule has 0 aliphatic carbocycles. The van der Waals surface area contributed by atoms with E-state index in [1.807, 2.05) is 37.3 Å². The highest BCUT2D eigenvalue weighted by atomic mass is 79.9. The van der Waals surface area contributed by atoms with Crippen molar-refractivity contribution in [3.8, 4) is 6.07 Å². The van der Waals surface area contributed by atoms with Crippen LogP contribution in [0.2, 0.25) is 0 Å². The zero-order chi connectivity index (χ0) is 12.3. The Bertz CT molecular complexity index is 587. The average Bonchev–Trinajstić information content (AvgIpc) is 2.32. The van der Waals surface area contributed by atoms with Crippen molar-refractivity contribution in [1.29, 1.82) is 5.26 Å². The van der Waals surface area contributed by atoms with Gasteiger partial charge in [0.05, 0.1) is 22.6 Å². The Morgan fingerprint density at radius 2 is 2.00 bits per heavy atom. The van der Waals surface area contributed by atoms with E-state index in [1.54, 1.807) is 6.20 Å². The van der Waals surface area contributed by atoms with Crippen LogP contribution in [-0.2, 0) is 0 Å². The second kappa shape index (κ2) is 4.98. The molecule has 0 fully saturated rings. The second-order valence-electron chi connectivity index (χ2n) is 3.54. The molecule has 1 aromatic heterocycles. The maximum Gasteiger partial charge on any atom is 0.103 e. The summed E-state index contributed by atoms with van der Waals surface area (Å²) >= 11 is 3.36. The van der Waals surface area contributed by atoms with E-state index in [4.69, 9.17) is 5.26 Å². The third kappa shape index (κ3) is 2.45. The minimum atomic E-state index is 0.593. The van der Waals surface area contributed by atoms with Crippen molar-refractivity contribution in [3.05, 3.63) is 52.3 Å². The number of hydrogen-bond donors (Lipinski definition) is 1. The molecule has 2 aromatic rings. The minimum absolute atomic E-state index is 0.593. The molecular formula is C13H10BrN3. The van der Waals surface area contributed by atoms with E-state index in [0.29, 0.717) is 5.56 Å². The zero-order valence-corrected chi connectivity index (χ0v) is 10.8. The summed E-state index contributed by atoms with van der Waals surface area (Å²) in [6.45, 7) is 1.92. The molecule has 0 bridgehead atoms. The Morgan fingerprint density at radius 3 is 2.71 bits per heavy atom. The number of rotatable bonds is 2. The lowest BCUT2D eigenvalue weighted by atomic mass is 10.2. The number of anilines is 2. The zero-order valence-electron chi connectivity index (χ0n) is 9.24. The second-order valence-corrected chi connectivity index (χ2v) is 4.39. The highest BCUT2D eigenvalue weighted by molar-refractivity contribution is 9.10. The molecule has 1 heterocycles. The first-order chi connectivity index (χ1) is 8.22. The monoisotopic (exact) mass is 287 g/mol. The highest BCUT2D eigenvalue weighted by Gasteiger charge is 2.07. The summed E-state index contributed by atoms with van der Waals surface area (Å²) in [6.07, 6.45) is 1.74. The van der Waals surface area contributed by atoms with Crippen LogP contribution in [-0.4, -0.2) is 4.98 Å². The molecule has 17 heavy (non-hydrogen) atoms. The first kappa shape index (κ1) is 11.6. The van der Waals surface area contributed by atoms with Crippen molar-refractivity contribution in [3.63, 3.8) is 0 Å².